The van der Waals surface area contributed by atoms with Crippen molar-refractivity contribution in [3.05, 3.63) is 64.0 Å². The summed E-state index contributed by atoms with van der Waals surface area (Å²) in [5.41, 5.74) is 0.368. The molecule has 0 bridgehead atoms. The number of ether oxygens (including phenoxy) is 3. The molecule has 0 spiro atoms. The summed E-state index contributed by atoms with van der Waals surface area (Å²) in [6, 6.07) is 11.8. The van der Waals surface area contributed by atoms with E-state index in [0.29, 0.717) is 28.2 Å². The Labute approximate surface area is 149 Å². The summed E-state index contributed by atoms with van der Waals surface area (Å²) in [6.45, 7) is 0. The fraction of sp³-hybridized carbons (Fsp3) is 0.200. The van der Waals surface area contributed by atoms with Crippen molar-refractivity contribution in [3.63, 3.8) is 0 Å². The van der Waals surface area contributed by atoms with Crippen LogP contribution in [0.2, 0.25) is 0 Å². The molecule has 0 aliphatic heterocycles. The highest BCUT2D eigenvalue weighted by Crippen LogP contribution is 2.31. The number of benzene rings is 2. The maximum atomic E-state index is 12.6. The van der Waals surface area contributed by atoms with E-state index in [1.165, 1.54) is 20.3 Å². The van der Waals surface area contributed by atoms with Gasteiger partial charge in [-0.25, -0.2) is 4.79 Å². The average molecular weight is 354 g/mol. The van der Waals surface area contributed by atoms with Gasteiger partial charge in [-0.3, -0.25) is 4.79 Å². The minimum atomic E-state index is -0.689. The van der Waals surface area contributed by atoms with E-state index >= 15 is 0 Å². The lowest BCUT2D eigenvalue weighted by Gasteiger charge is -2.09. The number of fused-ring (bicyclic) bond motifs is 1. The van der Waals surface area contributed by atoms with Crippen molar-refractivity contribution < 1.29 is 23.4 Å². The monoisotopic (exact) mass is 354 g/mol. The second-order valence-corrected chi connectivity index (χ2v) is 5.64. The van der Waals surface area contributed by atoms with E-state index in [4.69, 9.17) is 18.6 Å². The Hall–Kier alpha value is -3.28. The third-order valence-electron chi connectivity index (χ3n) is 4.07. The smallest absolute Gasteiger partial charge is 0.347 e. The SMILES string of the molecule is COc1ccc(CC(=O)c2cc3c(OC)cc(OC)cc3oc2=O)cc1. The molecule has 3 rings (SSSR count). The lowest BCUT2D eigenvalue weighted by molar-refractivity contribution is 0.0989. The van der Waals surface area contributed by atoms with Crippen molar-refractivity contribution in [2.45, 2.75) is 6.42 Å². The van der Waals surface area contributed by atoms with Gasteiger partial charge in [0.05, 0.1) is 26.7 Å². The molecule has 0 N–H and O–H groups in total. The second kappa shape index (κ2) is 7.31. The van der Waals surface area contributed by atoms with Crippen molar-refractivity contribution in [1.29, 1.82) is 0 Å². The summed E-state index contributed by atoms with van der Waals surface area (Å²) in [5, 5.41) is 0.533. The van der Waals surface area contributed by atoms with Gasteiger partial charge in [0.1, 0.15) is 28.4 Å². The summed E-state index contributed by atoms with van der Waals surface area (Å²) in [5.74, 6) is 1.32. The number of methoxy groups -OCH3 is 3. The Bertz CT molecular complexity index is 1000. The van der Waals surface area contributed by atoms with Gasteiger partial charge < -0.3 is 18.6 Å². The van der Waals surface area contributed by atoms with Gasteiger partial charge in [0.15, 0.2) is 5.78 Å². The molecule has 0 fully saturated rings. The van der Waals surface area contributed by atoms with Crippen molar-refractivity contribution >= 4 is 16.8 Å². The van der Waals surface area contributed by atoms with Crippen LogP contribution in [-0.4, -0.2) is 27.1 Å². The zero-order chi connectivity index (χ0) is 18.7. The molecule has 0 saturated carbocycles. The molecule has 1 aromatic heterocycles. The third kappa shape index (κ3) is 3.39. The van der Waals surface area contributed by atoms with Crippen LogP contribution in [0.15, 0.2) is 51.7 Å². The van der Waals surface area contributed by atoms with Crippen LogP contribution in [0.4, 0.5) is 0 Å². The summed E-state index contributed by atoms with van der Waals surface area (Å²) < 4.78 is 20.9. The first-order valence-electron chi connectivity index (χ1n) is 7.91. The highest BCUT2D eigenvalue weighted by molar-refractivity contribution is 6.00. The van der Waals surface area contributed by atoms with E-state index in [0.717, 1.165) is 5.56 Å². The Kier molecular flexibility index (Phi) is 4.93. The predicted octanol–water partition coefficient (Wildman–Crippen LogP) is 3.24. The quantitative estimate of drug-likeness (QED) is 0.500. The van der Waals surface area contributed by atoms with Crippen molar-refractivity contribution in [1.82, 2.24) is 0 Å². The fourth-order valence-electron chi connectivity index (χ4n) is 2.67. The molecule has 2 aromatic carbocycles. The van der Waals surface area contributed by atoms with E-state index in [2.05, 4.69) is 0 Å². The molecule has 0 unspecified atom stereocenters. The van der Waals surface area contributed by atoms with Gasteiger partial charge in [-0.1, -0.05) is 12.1 Å². The van der Waals surface area contributed by atoms with Crippen LogP contribution in [0.3, 0.4) is 0 Å². The van der Waals surface area contributed by atoms with Crippen LogP contribution >= 0.6 is 0 Å². The molecular formula is C20H18O6. The Morgan fingerprint density at radius 2 is 1.62 bits per heavy atom. The molecule has 0 atom stereocenters. The molecule has 6 nitrogen and oxygen atoms in total. The molecule has 134 valence electrons. The first-order chi connectivity index (χ1) is 12.5. The first kappa shape index (κ1) is 17.5. The molecule has 0 aliphatic rings. The van der Waals surface area contributed by atoms with Crippen LogP contribution in [0, 0.1) is 0 Å². The van der Waals surface area contributed by atoms with Gasteiger partial charge in [0, 0.05) is 18.6 Å². The lowest BCUT2D eigenvalue weighted by atomic mass is 10.0. The number of hydrogen-bond donors (Lipinski definition) is 0. The fourth-order valence-corrected chi connectivity index (χ4v) is 2.67. The Morgan fingerprint density at radius 1 is 0.923 bits per heavy atom. The highest BCUT2D eigenvalue weighted by atomic mass is 16.5. The van der Waals surface area contributed by atoms with Crippen LogP contribution in [0.1, 0.15) is 15.9 Å². The summed E-state index contributed by atoms with van der Waals surface area (Å²) in [4.78, 5) is 24.9. The number of hydrogen-bond acceptors (Lipinski definition) is 6. The van der Waals surface area contributed by atoms with E-state index in [1.54, 1.807) is 43.5 Å². The van der Waals surface area contributed by atoms with Crippen molar-refractivity contribution in [3.8, 4) is 17.2 Å². The van der Waals surface area contributed by atoms with E-state index in [9.17, 15) is 9.59 Å². The van der Waals surface area contributed by atoms with E-state index < -0.39 is 5.63 Å². The molecule has 3 aromatic rings. The predicted molar refractivity (Wildman–Crippen MR) is 96.6 cm³/mol. The molecule has 6 heteroatoms. The van der Waals surface area contributed by atoms with E-state index in [-0.39, 0.29) is 17.8 Å². The maximum Gasteiger partial charge on any atom is 0.347 e. The Balaban J connectivity index is 1.99. The Morgan fingerprint density at radius 3 is 2.23 bits per heavy atom. The topological polar surface area (TPSA) is 75.0 Å². The van der Waals surface area contributed by atoms with Crippen LogP contribution in [0.5, 0.6) is 17.2 Å². The van der Waals surface area contributed by atoms with Crippen LogP contribution in [-0.2, 0) is 6.42 Å². The normalized spacial score (nSPS) is 10.6. The summed E-state index contributed by atoms with van der Waals surface area (Å²) in [7, 11) is 4.58. The van der Waals surface area contributed by atoms with Gasteiger partial charge in [0.25, 0.3) is 0 Å². The number of ketones is 1. The molecule has 26 heavy (non-hydrogen) atoms. The number of Topliss-reactive ketones (excluding diaryl/α,β-unsaturated/α-hetero) is 1. The molecule has 0 radical (unpaired) electrons. The van der Waals surface area contributed by atoms with Gasteiger partial charge in [-0.2, -0.15) is 0 Å². The van der Waals surface area contributed by atoms with E-state index in [1.807, 2.05) is 0 Å². The third-order valence-corrected chi connectivity index (χ3v) is 4.07. The zero-order valence-corrected chi connectivity index (χ0v) is 14.7. The highest BCUT2D eigenvalue weighted by Gasteiger charge is 2.17. The second-order valence-electron chi connectivity index (χ2n) is 5.64. The van der Waals surface area contributed by atoms with Crippen molar-refractivity contribution in [2.24, 2.45) is 0 Å². The summed E-state index contributed by atoms with van der Waals surface area (Å²) >= 11 is 0. The van der Waals surface area contributed by atoms with Gasteiger partial charge in [-0.15, -0.1) is 0 Å². The minimum absolute atomic E-state index is 0.0169. The molecule has 1 heterocycles. The zero-order valence-electron chi connectivity index (χ0n) is 14.7. The number of rotatable bonds is 6. The molecular weight excluding hydrogens is 336 g/mol. The van der Waals surface area contributed by atoms with Gasteiger partial charge in [-0.05, 0) is 23.8 Å². The molecule has 0 amide bonds. The first-order valence-corrected chi connectivity index (χ1v) is 7.91. The number of carbonyl (C=O) groups excluding carboxylic acids is 1. The average Bonchev–Trinajstić information content (AvgIpc) is 2.66. The minimum Gasteiger partial charge on any atom is -0.497 e. The lowest BCUT2D eigenvalue weighted by Crippen LogP contribution is -2.16. The molecule has 0 aliphatic carbocycles. The van der Waals surface area contributed by atoms with Crippen LogP contribution < -0.4 is 19.8 Å². The summed E-state index contributed by atoms with van der Waals surface area (Å²) in [6.07, 6.45) is 0.0821. The standard InChI is InChI=1S/C20H18O6/c1-23-13-6-4-12(5-7-13)8-17(21)15-11-16-18(25-3)9-14(24-2)10-19(16)26-20(15)22/h4-7,9-11H,8H2,1-3H3. The van der Waals surface area contributed by atoms with Gasteiger partial charge in [0.2, 0.25) is 0 Å². The maximum absolute atomic E-state index is 12.6. The van der Waals surface area contributed by atoms with Crippen LogP contribution in [0.25, 0.3) is 11.0 Å². The number of carbonyl (C=O) groups is 1. The van der Waals surface area contributed by atoms with Gasteiger partial charge >= 0.3 is 5.63 Å². The largest absolute Gasteiger partial charge is 0.497 e. The molecule has 0 saturated heterocycles. The van der Waals surface area contributed by atoms with Crippen molar-refractivity contribution in [2.75, 3.05) is 21.3 Å².